The van der Waals surface area contributed by atoms with Gasteiger partial charge < -0.3 is 9.64 Å². The number of hydrogen-bond acceptors (Lipinski definition) is 4. The molecule has 0 atom stereocenters. The number of hydrogen-bond donors (Lipinski definition) is 0. The number of nitrogens with zero attached hydrogens (tertiary/aromatic N) is 3. The summed E-state index contributed by atoms with van der Waals surface area (Å²) in [6.45, 7) is 7.89. The summed E-state index contributed by atoms with van der Waals surface area (Å²) in [6, 6.07) is 16.0. The highest BCUT2D eigenvalue weighted by Gasteiger charge is 2.26. The van der Waals surface area contributed by atoms with Crippen molar-refractivity contribution in [3.8, 4) is 5.88 Å². The van der Waals surface area contributed by atoms with Crippen LogP contribution in [0.3, 0.4) is 0 Å². The van der Waals surface area contributed by atoms with Gasteiger partial charge in [-0.25, -0.2) is 0 Å². The van der Waals surface area contributed by atoms with Gasteiger partial charge in [-0.1, -0.05) is 51.1 Å². The first-order valence-electron chi connectivity index (χ1n) is 10.2. The minimum Gasteiger partial charge on any atom is -0.473 e. The molecule has 2 aromatic carbocycles. The second-order valence-electron chi connectivity index (χ2n) is 8.67. The first-order chi connectivity index (χ1) is 13.9. The number of fused-ring (bicyclic) bond motifs is 1. The van der Waals surface area contributed by atoms with Gasteiger partial charge in [-0.15, -0.1) is 5.10 Å². The van der Waals surface area contributed by atoms with Crippen LogP contribution in [0.25, 0.3) is 10.8 Å². The van der Waals surface area contributed by atoms with Gasteiger partial charge >= 0.3 is 0 Å². The van der Waals surface area contributed by atoms with E-state index in [-0.39, 0.29) is 17.4 Å². The lowest BCUT2D eigenvalue weighted by Gasteiger charge is -2.32. The summed E-state index contributed by atoms with van der Waals surface area (Å²) in [6.07, 6.45) is 3.37. The Labute approximate surface area is 171 Å². The summed E-state index contributed by atoms with van der Waals surface area (Å²) in [5, 5.41) is 10.2. The number of ether oxygens (including phenoxy) is 1. The summed E-state index contributed by atoms with van der Waals surface area (Å²) in [4.78, 5) is 14.8. The molecule has 4 rings (SSSR count). The Balaban J connectivity index is 1.38. The number of amides is 1. The van der Waals surface area contributed by atoms with Crippen molar-refractivity contribution in [3.63, 3.8) is 0 Å². The molecule has 0 aliphatic carbocycles. The Morgan fingerprint density at radius 1 is 1.03 bits per heavy atom. The van der Waals surface area contributed by atoms with Crippen LogP contribution in [0.4, 0.5) is 0 Å². The highest BCUT2D eigenvalue weighted by atomic mass is 16.5. The lowest BCUT2D eigenvalue weighted by atomic mass is 9.86. The van der Waals surface area contributed by atoms with Crippen LogP contribution in [-0.4, -0.2) is 40.2 Å². The molecular formula is C24H27N3O2. The van der Waals surface area contributed by atoms with Crippen molar-refractivity contribution in [2.24, 2.45) is 0 Å². The zero-order valence-corrected chi connectivity index (χ0v) is 17.3. The predicted octanol–water partition coefficient (Wildman–Crippen LogP) is 4.61. The third-order valence-corrected chi connectivity index (χ3v) is 5.54. The molecule has 1 fully saturated rings. The zero-order valence-electron chi connectivity index (χ0n) is 17.3. The molecule has 2 heterocycles. The van der Waals surface area contributed by atoms with E-state index in [1.807, 2.05) is 41.3 Å². The molecule has 0 radical (unpaired) electrons. The summed E-state index contributed by atoms with van der Waals surface area (Å²) in [5.74, 6) is 0.666. The number of aromatic nitrogens is 2. The summed E-state index contributed by atoms with van der Waals surface area (Å²) >= 11 is 0. The highest BCUT2D eigenvalue weighted by Crippen LogP contribution is 2.26. The molecule has 1 saturated heterocycles. The Bertz CT molecular complexity index is 995. The molecule has 5 heteroatoms. The van der Waals surface area contributed by atoms with Gasteiger partial charge in [0.15, 0.2) is 0 Å². The summed E-state index contributed by atoms with van der Waals surface area (Å²) in [7, 11) is 0. The van der Waals surface area contributed by atoms with Crippen molar-refractivity contribution in [1.29, 1.82) is 0 Å². The quantitative estimate of drug-likeness (QED) is 0.656. The molecule has 0 bridgehead atoms. The molecule has 150 valence electrons. The van der Waals surface area contributed by atoms with Crippen molar-refractivity contribution >= 4 is 16.7 Å². The van der Waals surface area contributed by atoms with Crippen LogP contribution in [0.5, 0.6) is 5.88 Å². The van der Waals surface area contributed by atoms with E-state index >= 15 is 0 Å². The fourth-order valence-electron chi connectivity index (χ4n) is 3.72. The molecule has 1 aromatic heterocycles. The number of carbonyl (C=O) groups is 1. The fraction of sp³-hybridized carbons (Fsp3) is 0.375. The van der Waals surface area contributed by atoms with Crippen molar-refractivity contribution in [2.75, 3.05) is 13.1 Å². The molecule has 3 aromatic rings. The Hall–Kier alpha value is -2.95. The molecular weight excluding hydrogens is 362 g/mol. The maximum atomic E-state index is 12.9. The van der Waals surface area contributed by atoms with Crippen LogP contribution in [0.2, 0.25) is 0 Å². The van der Waals surface area contributed by atoms with Crippen LogP contribution in [0, 0.1) is 0 Å². The van der Waals surface area contributed by atoms with Gasteiger partial charge in [0, 0.05) is 42.3 Å². The SMILES string of the molecule is CC(C)(C)c1ccc(C(=O)N2CCC(Oc3nncc4ccccc34)CC2)cc1. The monoisotopic (exact) mass is 389 g/mol. The zero-order chi connectivity index (χ0) is 20.4. The third kappa shape index (κ3) is 4.24. The smallest absolute Gasteiger partial charge is 0.253 e. The van der Waals surface area contributed by atoms with Gasteiger partial charge in [-0.2, -0.15) is 5.10 Å². The minimum absolute atomic E-state index is 0.0439. The number of benzene rings is 2. The fourth-order valence-corrected chi connectivity index (χ4v) is 3.72. The van der Waals surface area contributed by atoms with Gasteiger partial charge in [-0.05, 0) is 29.2 Å². The van der Waals surface area contributed by atoms with E-state index in [1.54, 1.807) is 6.20 Å². The van der Waals surface area contributed by atoms with Crippen molar-refractivity contribution < 1.29 is 9.53 Å². The standard InChI is InChI=1S/C24H27N3O2/c1-24(2,3)19-10-8-17(9-11-19)23(28)27-14-12-20(13-15-27)29-22-21-7-5-4-6-18(21)16-25-26-22/h4-11,16,20H,12-15H2,1-3H3. The number of likely N-dealkylation sites (tertiary alicyclic amines) is 1. The largest absolute Gasteiger partial charge is 0.473 e. The van der Waals surface area contributed by atoms with Gasteiger partial charge in [0.2, 0.25) is 5.88 Å². The first-order valence-corrected chi connectivity index (χ1v) is 10.2. The van der Waals surface area contributed by atoms with Gasteiger partial charge in [-0.3, -0.25) is 4.79 Å². The van der Waals surface area contributed by atoms with E-state index < -0.39 is 0 Å². The van der Waals surface area contributed by atoms with Gasteiger partial charge in [0.1, 0.15) is 6.10 Å². The average Bonchev–Trinajstić information content (AvgIpc) is 2.73. The lowest BCUT2D eigenvalue weighted by molar-refractivity contribution is 0.0589. The predicted molar refractivity (Wildman–Crippen MR) is 114 cm³/mol. The molecule has 0 unspecified atom stereocenters. The van der Waals surface area contributed by atoms with E-state index in [0.717, 1.165) is 29.2 Å². The molecule has 1 aliphatic heterocycles. The summed E-state index contributed by atoms with van der Waals surface area (Å²) < 4.78 is 6.14. The second-order valence-corrected chi connectivity index (χ2v) is 8.67. The Morgan fingerprint density at radius 2 is 1.72 bits per heavy atom. The van der Waals surface area contributed by atoms with Crippen LogP contribution < -0.4 is 4.74 Å². The van der Waals surface area contributed by atoms with Gasteiger partial charge in [0.25, 0.3) is 5.91 Å². The third-order valence-electron chi connectivity index (χ3n) is 5.54. The molecule has 29 heavy (non-hydrogen) atoms. The van der Waals surface area contributed by atoms with Crippen LogP contribution in [-0.2, 0) is 5.41 Å². The van der Waals surface area contributed by atoms with Crippen LogP contribution >= 0.6 is 0 Å². The van der Waals surface area contributed by atoms with E-state index in [9.17, 15) is 4.79 Å². The molecule has 1 amide bonds. The molecule has 1 aliphatic rings. The molecule has 0 N–H and O–H groups in total. The van der Waals surface area contributed by atoms with Crippen LogP contribution in [0.1, 0.15) is 49.5 Å². The Morgan fingerprint density at radius 3 is 2.41 bits per heavy atom. The number of rotatable bonds is 3. The highest BCUT2D eigenvalue weighted by molar-refractivity contribution is 5.94. The average molecular weight is 389 g/mol. The molecule has 5 nitrogen and oxygen atoms in total. The van der Waals surface area contributed by atoms with E-state index in [4.69, 9.17) is 4.74 Å². The topological polar surface area (TPSA) is 55.3 Å². The Kier molecular flexibility index (Phi) is 5.22. The van der Waals surface area contributed by atoms with Crippen LogP contribution in [0.15, 0.2) is 54.7 Å². The normalized spacial score (nSPS) is 15.5. The molecule has 0 saturated carbocycles. The van der Waals surface area contributed by atoms with Crippen molar-refractivity contribution in [1.82, 2.24) is 15.1 Å². The number of carbonyl (C=O) groups excluding carboxylic acids is 1. The van der Waals surface area contributed by atoms with E-state index in [1.165, 1.54) is 5.56 Å². The molecule has 0 spiro atoms. The van der Waals surface area contributed by atoms with Crippen molar-refractivity contribution in [3.05, 3.63) is 65.9 Å². The van der Waals surface area contributed by atoms with Gasteiger partial charge in [0.05, 0.1) is 6.20 Å². The maximum Gasteiger partial charge on any atom is 0.253 e. The summed E-state index contributed by atoms with van der Waals surface area (Å²) in [5.41, 5.74) is 2.07. The minimum atomic E-state index is 0.0439. The van der Waals surface area contributed by atoms with E-state index in [0.29, 0.717) is 19.0 Å². The number of piperidine rings is 1. The lowest BCUT2D eigenvalue weighted by Crippen LogP contribution is -2.41. The second kappa shape index (κ2) is 7.82. The maximum absolute atomic E-state index is 12.9. The van der Waals surface area contributed by atoms with E-state index in [2.05, 4.69) is 43.1 Å². The first kappa shape index (κ1) is 19.4. The van der Waals surface area contributed by atoms with Crippen molar-refractivity contribution in [2.45, 2.75) is 45.1 Å².